The van der Waals surface area contributed by atoms with E-state index in [1.807, 2.05) is 6.92 Å². The van der Waals surface area contributed by atoms with Crippen LogP contribution in [0.15, 0.2) is 24.4 Å². The van der Waals surface area contributed by atoms with Crippen LogP contribution in [-0.2, 0) is 11.3 Å². The second kappa shape index (κ2) is 8.45. The summed E-state index contributed by atoms with van der Waals surface area (Å²) < 4.78 is 2.99. The number of rotatable bonds is 6. The summed E-state index contributed by atoms with van der Waals surface area (Å²) in [6.45, 7) is 7.09. The molecule has 1 unspecified atom stereocenters. The Kier molecular flexibility index (Phi) is 6.14. The molecule has 0 spiro atoms. The van der Waals surface area contributed by atoms with E-state index in [-0.39, 0.29) is 17.3 Å². The summed E-state index contributed by atoms with van der Waals surface area (Å²) in [5.74, 6) is -0.367. The van der Waals surface area contributed by atoms with Gasteiger partial charge in [0, 0.05) is 15.6 Å². The van der Waals surface area contributed by atoms with Crippen molar-refractivity contribution >= 4 is 40.5 Å². The SMILES string of the molecule is Cc1nn(C(C)C(=O)Nc2c(C)nn(Cc3c(Cl)cccc3Cl)c2C)cc1[N+](=O)[O-]. The van der Waals surface area contributed by atoms with Crippen LogP contribution in [0, 0.1) is 30.9 Å². The van der Waals surface area contributed by atoms with Gasteiger partial charge in [-0.1, -0.05) is 29.3 Å². The van der Waals surface area contributed by atoms with Gasteiger partial charge in [0.15, 0.2) is 0 Å². The van der Waals surface area contributed by atoms with Crippen molar-refractivity contribution in [1.82, 2.24) is 19.6 Å². The number of carbonyl (C=O) groups is 1. The molecular formula is C19H20Cl2N6O3. The quantitative estimate of drug-likeness (QED) is 0.440. The third-order valence-electron chi connectivity index (χ3n) is 4.86. The maximum Gasteiger partial charge on any atom is 0.309 e. The predicted molar refractivity (Wildman–Crippen MR) is 114 cm³/mol. The molecule has 2 heterocycles. The van der Waals surface area contributed by atoms with Crippen molar-refractivity contribution in [3.63, 3.8) is 0 Å². The summed E-state index contributed by atoms with van der Waals surface area (Å²) in [5.41, 5.74) is 2.76. The molecule has 0 saturated heterocycles. The Morgan fingerprint density at radius 1 is 1.20 bits per heavy atom. The lowest BCUT2D eigenvalue weighted by Crippen LogP contribution is -2.24. The van der Waals surface area contributed by atoms with E-state index >= 15 is 0 Å². The fourth-order valence-corrected chi connectivity index (χ4v) is 3.58. The minimum Gasteiger partial charge on any atom is -0.321 e. The van der Waals surface area contributed by atoms with Crippen LogP contribution in [0.5, 0.6) is 0 Å². The van der Waals surface area contributed by atoms with Crippen molar-refractivity contribution in [3.8, 4) is 0 Å². The molecular weight excluding hydrogens is 431 g/mol. The van der Waals surface area contributed by atoms with Gasteiger partial charge in [0.25, 0.3) is 0 Å². The van der Waals surface area contributed by atoms with Crippen molar-refractivity contribution in [2.24, 2.45) is 0 Å². The molecule has 1 N–H and O–H groups in total. The van der Waals surface area contributed by atoms with Crippen LogP contribution < -0.4 is 5.32 Å². The topological polar surface area (TPSA) is 108 Å². The molecule has 3 rings (SSSR count). The van der Waals surface area contributed by atoms with Crippen LogP contribution in [-0.4, -0.2) is 30.4 Å². The Bertz CT molecular complexity index is 1120. The van der Waals surface area contributed by atoms with Crippen molar-refractivity contribution in [2.45, 2.75) is 40.3 Å². The highest BCUT2D eigenvalue weighted by Crippen LogP contribution is 2.28. The number of hydrogen-bond donors (Lipinski definition) is 1. The average molecular weight is 451 g/mol. The number of nitrogens with one attached hydrogen (secondary N) is 1. The monoisotopic (exact) mass is 450 g/mol. The van der Waals surface area contributed by atoms with Gasteiger partial charge in [-0.25, -0.2) is 0 Å². The number of nitrogens with zero attached hydrogens (tertiary/aromatic N) is 5. The minimum atomic E-state index is -0.752. The Morgan fingerprint density at radius 2 is 1.83 bits per heavy atom. The fraction of sp³-hybridized carbons (Fsp3) is 0.316. The molecule has 0 fully saturated rings. The van der Waals surface area contributed by atoms with E-state index < -0.39 is 11.0 Å². The molecule has 1 aromatic carbocycles. The first kappa shape index (κ1) is 21.8. The van der Waals surface area contributed by atoms with E-state index in [1.165, 1.54) is 17.8 Å². The molecule has 0 radical (unpaired) electrons. The number of benzene rings is 1. The van der Waals surface area contributed by atoms with Crippen LogP contribution >= 0.6 is 23.2 Å². The van der Waals surface area contributed by atoms with Gasteiger partial charge in [0.1, 0.15) is 17.9 Å². The van der Waals surface area contributed by atoms with Gasteiger partial charge >= 0.3 is 5.69 Å². The largest absolute Gasteiger partial charge is 0.321 e. The lowest BCUT2D eigenvalue weighted by atomic mass is 10.2. The number of anilines is 1. The second-order valence-corrected chi connectivity index (χ2v) is 7.72. The zero-order chi connectivity index (χ0) is 22.2. The van der Waals surface area contributed by atoms with E-state index in [9.17, 15) is 14.9 Å². The van der Waals surface area contributed by atoms with Crippen LogP contribution in [0.3, 0.4) is 0 Å². The third-order valence-corrected chi connectivity index (χ3v) is 5.57. The standard InChI is InChI=1S/C19H20Cl2N6O3/c1-10-17(27(29)30)9-26(23-10)13(4)19(28)22-18-11(2)24-25(12(18)3)8-14-15(20)6-5-7-16(14)21/h5-7,9,13H,8H2,1-4H3,(H,22,28). The van der Waals surface area contributed by atoms with Gasteiger partial charge in [0.05, 0.1) is 28.5 Å². The Morgan fingerprint density at radius 3 is 2.40 bits per heavy atom. The smallest absolute Gasteiger partial charge is 0.309 e. The van der Waals surface area contributed by atoms with E-state index in [1.54, 1.807) is 36.7 Å². The van der Waals surface area contributed by atoms with Crippen LogP contribution in [0.25, 0.3) is 0 Å². The highest BCUT2D eigenvalue weighted by Gasteiger charge is 2.24. The molecule has 0 saturated carbocycles. The molecule has 11 heteroatoms. The Labute approximate surface area is 182 Å². The maximum atomic E-state index is 12.8. The third kappa shape index (κ3) is 4.17. The van der Waals surface area contributed by atoms with Crippen LogP contribution in [0.2, 0.25) is 10.0 Å². The van der Waals surface area contributed by atoms with Crippen LogP contribution in [0.1, 0.15) is 35.6 Å². The molecule has 1 atom stereocenters. The molecule has 2 aromatic heterocycles. The van der Waals surface area contributed by atoms with Crippen LogP contribution in [0.4, 0.5) is 11.4 Å². The number of hydrogen-bond acceptors (Lipinski definition) is 5. The number of amides is 1. The molecule has 158 valence electrons. The lowest BCUT2D eigenvalue weighted by molar-refractivity contribution is -0.385. The first-order valence-corrected chi connectivity index (χ1v) is 9.83. The molecule has 0 aliphatic heterocycles. The van der Waals surface area contributed by atoms with Gasteiger partial charge in [-0.15, -0.1) is 0 Å². The van der Waals surface area contributed by atoms with E-state index in [2.05, 4.69) is 15.5 Å². The maximum absolute atomic E-state index is 12.8. The summed E-state index contributed by atoms with van der Waals surface area (Å²) in [6, 6.07) is 4.52. The number of aromatic nitrogens is 4. The number of nitro groups is 1. The second-order valence-electron chi connectivity index (χ2n) is 6.91. The van der Waals surface area contributed by atoms with Crippen molar-refractivity contribution in [2.75, 3.05) is 5.32 Å². The molecule has 3 aromatic rings. The average Bonchev–Trinajstić information content (AvgIpc) is 3.19. The predicted octanol–water partition coefficient (Wildman–Crippen LogP) is 4.47. The van der Waals surface area contributed by atoms with E-state index in [0.717, 1.165) is 11.3 Å². The Hall–Kier alpha value is -2.91. The molecule has 1 amide bonds. The minimum absolute atomic E-state index is 0.133. The molecule has 0 aliphatic carbocycles. The van der Waals surface area contributed by atoms with Crippen molar-refractivity contribution < 1.29 is 9.72 Å². The van der Waals surface area contributed by atoms with Gasteiger partial charge in [-0.2, -0.15) is 10.2 Å². The summed E-state index contributed by atoms with van der Waals surface area (Å²) >= 11 is 12.5. The van der Waals surface area contributed by atoms with E-state index in [0.29, 0.717) is 28.0 Å². The summed E-state index contributed by atoms with van der Waals surface area (Å²) in [4.78, 5) is 23.3. The van der Waals surface area contributed by atoms with E-state index in [4.69, 9.17) is 23.2 Å². The summed E-state index contributed by atoms with van der Waals surface area (Å²) in [7, 11) is 0. The molecule has 30 heavy (non-hydrogen) atoms. The summed E-state index contributed by atoms with van der Waals surface area (Å²) in [6.07, 6.45) is 1.25. The zero-order valence-corrected chi connectivity index (χ0v) is 18.3. The first-order valence-electron chi connectivity index (χ1n) is 9.08. The Balaban J connectivity index is 1.82. The van der Waals surface area contributed by atoms with Gasteiger partial charge < -0.3 is 5.32 Å². The fourth-order valence-electron chi connectivity index (χ4n) is 3.06. The lowest BCUT2D eigenvalue weighted by Gasteiger charge is -2.13. The van der Waals surface area contributed by atoms with Crippen molar-refractivity contribution in [3.05, 3.63) is 67.2 Å². The van der Waals surface area contributed by atoms with Gasteiger partial charge in [-0.3, -0.25) is 24.3 Å². The summed E-state index contributed by atoms with van der Waals surface area (Å²) in [5, 5.41) is 23.5. The molecule has 0 aliphatic rings. The highest BCUT2D eigenvalue weighted by molar-refractivity contribution is 6.35. The first-order chi connectivity index (χ1) is 14.1. The number of carbonyl (C=O) groups excluding carboxylic acids is 1. The highest BCUT2D eigenvalue weighted by atomic mass is 35.5. The molecule has 9 nitrogen and oxygen atoms in total. The molecule has 0 bridgehead atoms. The normalized spacial score (nSPS) is 12.1. The number of halogens is 2. The van der Waals surface area contributed by atoms with Gasteiger partial charge in [-0.05, 0) is 39.8 Å². The number of aryl methyl sites for hydroxylation is 2. The zero-order valence-electron chi connectivity index (χ0n) is 16.8. The van der Waals surface area contributed by atoms with Crippen molar-refractivity contribution in [1.29, 1.82) is 0 Å². The van der Waals surface area contributed by atoms with Gasteiger partial charge in [0.2, 0.25) is 5.91 Å².